The van der Waals surface area contributed by atoms with E-state index in [1.807, 2.05) is 32.9 Å². The van der Waals surface area contributed by atoms with Gasteiger partial charge >= 0.3 is 0 Å². The molecule has 0 spiro atoms. The molecule has 0 saturated heterocycles. The van der Waals surface area contributed by atoms with E-state index in [0.29, 0.717) is 12.8 Å². The minimum absolute atomic E-state index is 0.0257. The maximum Gasteiger partial charge on any atom is 0.241 e. The van der Waals surface area contributed by atoms with Crippen LogP contribution in [0.15, 0.2) is 53.4 Å². The summed E-state index contributed by atoms with van der Waals surface area (Å²) >= 11 is 0. The predicted octanol–water partition coefficient (Wildman–Crippen LogP) is 3.89. The van der Waals surface area contributed by atoms with Crippen molar-refractivity contribution >= 4 is 15.9 Å². The fourth-order valence-corrected chi connectivity index (χ4v) is 5.14. The predicted molar refractivity (Wildman–Crippen MR) is 115 cm³/mol. The highest BCUT2D eigenvalue weighted by Crippen LogP contribution is 2.29. The van der Waals surface area contributed by atoms with Gasteiger partial charge in [0.2, 0.25) is 15.9 Å². The maximum absolute atomic E-state index is 12.5. The second-order valence-electron chi connectivity index (χ2n) is 8.71. The van der Waals surface area contributed by atoms with Crippen molar-refractivity contribution in [3.63, 3.8) is 0 Å². The second-order valence-corrected chi connectivity index (χ2v) is 10.4. The molecule has 3 rings (SSSR count). The molecule has 1 aliphatic rings. The van der Waals surface area contributed by atoms with Gasteiger partial charge in [0.15, 0.2) is 0 Å². The largest absolute Gasteiger partial charge is 0.349 e. The molecular formula is C23H30N2O3S. The zero-order valence-corrected chi connectivity index (χ0v) is 18.2. The number of sulfonamides is 1. The molecule has 0 heterocycles. The Morgan fingerprint density at radius 2 is 1.76 bits per heavy atom. The molecule has 5 nitrogen and oxygen atoms in total. The van der Waals surface area contributed by atoms with Crippen molar-refractivity contribution in [2.45, 2.75) is 69.4 Å². The number of aryl methyl sites for hydroxylation is 2. The highest BCUT2D eigenvalue weighted by atomic mass is 32.2. The van der Waals surface area contributed by atoms with Gasteiger partial charge in [0.25, 0.3) is 0 Å². The molecule has 2 N–H and O–H groups in total. The van der Waals surface area contributed by atoms with Gasteiger partial charge in [-0.1, -0.05) is 36.4 Å². The van der Waals surface area contributed by atoms with Crippen LogP contribution < -0.4 is 10.0 Å². The summed E-state index contributed by atoms with van der Waals surface area (Å²) in [6.07, 6.45) is 4.08. The molecule has 2 aromatic rings. The lowest BCUT2D eigenvalue weighted by Gasteiger charge is -2.26. The Kier molecular flexibility index (Phi) is 6.44. The molecule has 0 radical (unpaired) electrons. The van der Waals surface area contributed by atoms with Gasteiger partial charge in [-0.15, -0.1) is 0 Å². The highest BCUT2D eigenvalue weighted by molar-refractivity contribution is 7.89. The van der Waals surface area contributed by atoms with E-state index in [4.69, 9.17) is 0 Å². The second kappa shape index (κ2) is 8.67. The first kappa shape index (κ1) is 21.5. The minimum atomic E-state index is -3.54. The van der Waals surface area contributed by atoms with Gasteiger partial charge in [-0.3, -0.25) is 4.79 Å². The van der Waals surface area contributed by atoms with Crippen LogP contribution >= 0.6 is 0 Å². The van der Waals surface area contributed by atoms with Gasteiger partial charge in [-0.25, -0.2) is 13.1 Å². The first-order chi connectivity index (χ1) is 13.6. The molecule has 1 amide bonds. The molecule has 0 aromatic heterocycles. The average molecular weight is 415 g/mol. The summed E-state index contributed by atoms with van der Waals surface area (Å²) in [5.41, 5.74) is 2.96. The van der Waals surface area contributed by atoms with E-state index >= 15 is 0 Å². The van der Waals surface area contributed by atoms with Crippen LogP contribution in [0.4, 0.5) is 0 Å². The molecule has 156 valence electrons. The molecule has 1 atom stereocenters. The van der Waals surface area contributed by atoms with Crippen molar-refractivity contribution in [1.29, 1.82) is 0 Å². The fraction of sp³-hybridized carbons (Fsp3) is 0.435. The van der Waals surface area contributed by atoms with Gasteiger partial charge in [0.1, 0.15) is 0 Å². The van der Waals surface area contributed by atoms with Crippen molar-refractivity contribution in [2.75, 3.05) is 0 Å². The third-order valence-corrected chi connectivity index (χ3v) is 6.79. The lowest BCUT2D eigenvalue weighted by molar-refractivity contribution is -0.121. The quantitative estimate of drug-likeness (QED) is 0.753. The summed E-state index contributed by atoms with van der Waals surface area (Å²) in [7, 11) is -3.54. The normalized spacial score (nSPS) is 16.9. The van der Waals surface area contributed by atoms with Crippen molar-refractivity contribution in [3.05, 3.63) is 65.2 Å². The maximum atomic E-state index is 12.5. The molecule has 0 fully saturated rings. The van der Waals surface area contributed by atoms with Crippen LogP contribution in [0.3, 0.4) is 0 Å². The van der Waals surface area contributed by atoms with Crippen LogP contribution in [0.5, 0.6) is 0 Å². The smallest absolute Gasteiger partial charge is 0.241 e. The monoisotopic (exact) mass is 414 g/mol. The molecule has 29 heavy (non-hydrogen) atoms. The Hall–Kier alpha value is -2.18. The van der Waals surface area contributed by atoms with Crippen LogP contribution in [0.1, 0.15) is 62.8 Å². The number of benzene rings is 2. The number of carbonyl (C=O) groups is 1. The molecule has 0 unspecified atom stereocenters. The topological polar surface area (TPSA) is 75.3 Å². The van der Waals surface area contributed by atoms with Crippen molar-refractivity contribution in [3.8, 4) is 0 Å². The van der Waals surface area contributed by atoms with Crippen LogP contribution in [-0.2, 0) is 27.7 Å². The number of hydrogen-bond acceptors (Lipinski definition) is 3. The Morgan fingerprint density at radius 3 is 2.45 bits per heavy atom. The van der Waals surface area contributed by atoms with E-state index in [1.165, 1.54) is 11.1 Å². The first-order valence-electron chi connectivity index (χ1n) is 10.1. The van der Waals surface area contributed by atoms with E-state index in [2.05, 4.69) is 22.2 Å². The van der Waals surface area contributed by atoms with E-state index in [1.54, 1.807) is 24.3 Å². The molecule has 0 saturated carbocycles. The number of rotatable bonds is 6. The Balaban J connectivity index is 1.56. The highest BCUT2D eigenvalue weighted by Gasteiger charge is 2.22. The molecule has 2 aromatic carbocycles. The van der Waals surface area contributed by atoms with Crippen LogP contribution in [0.2, 0.25) is 0 Å². The number of fused-ring (bicyclic) bond motifs is 1. The molecule has 0 aliphatic heterocycles. The summed E-state index contributed by atoms with van der Waals surface area (Å²) < 4.78 is 27.4. The third kappa shape index (κ3) is 5.90. The summed E-state index contributed by atoms with van der Waals surface area (Å²) in [4.78, 5) is 12.7. The third-order valence-electron chi connectivity index (χ3n) is 5.02. The Labute approximate surface area is 174 Å². The van der Waals surface area contributed by atoms with Gasteiger partial charge in [-0.2, -0.15) is 0 Å². The van der Waals surface area contributed by atoms with Crippen molar-refractivity contribution < 1.29 is 13.2 Å². The van der Waals surface area contributed by atoms with Crippen molar-refractivity contribution in [1.82, 2.24) is 10.0 Å². The zero-order chi connectivity index (χ0) is 21.1. The van der Waals surface area contributed by atoms with Crippen LogP contribution in [-0.4, -0.2) is 19.9 Å². The SMILES string of the molecule is CC(C)(C)NS(=O)(=O)c1ccc(CCC(=O)N[C@@H]2CCCc3ccccc32)cc1. The number of carbonyl (C=O) groups excluding carboxylic acids is 1. The van der Waals surface area contributed by atoms with Crippen LogP contribution in [0.25, 0.3) is 0 Å². The minimum Gasteiger partial charge on any atom is -0.349 e. The summed E-state index contributed by atoms with van der Waals surface area (Å²) in [5, 5.41) is 3.16. The fourth-order valence-electron chi connectivity index (χ4n) is 3.73. The summed E-state index contributed by atoms with van der Waals surface area (Å²) in [6, 6.07) is 15.1. The first-order valence-corrected chi connectivity index (χ1v) is 11.6. The van der Waals surface area contributed by atoms with Gasteiger partial charge in [0.05, 0.1) is 10.9 Å². The summed E-state index contributed by atoms with van der Waals surface area (Å²) in [5.74, 6) is 0.0257. The summed E-state index contributed by atoms with van der Waals surface area (Å²) in [6.45, 7) is 5.42. The van der Waals surface area contributed by atoms with E-state index in [9.17, 15) is 13.2 Å². The van der Waals surface area contributed by atoms with Gasteiger partial charge in [-0.05, 0) is 75.3 Å². The molecule has 1 aliphatic carbocycles. The molecular weight excluding hydrogens is 384 g/mol. The van der Waals surface area contributed by atoms with Crippen molar-refractivity contribution in [2.24, 2.45) is 0 Å². The number of hydrogen-bond donors (Lipinski definition) is 2. The number of nitrogens with one attached hydrogen (secondary N) is 2. The molecule has 6 heteroatoms. The Bertz CT molecular complexity index is 960. The van der Waals surface area contributed by atoms with Crippen LogP contribution in [0, 0.1) is 0 Å². The van der Waals surface area contributed by atoms with Gasteiger partial charge < -0.3 is 5.32 Å². The van der Waals surface area contributed by atoms with Gasteiger partial charge in [0, 0.05) is 12.0 Å². The average Bonchev–Trinajstić information content (AvgIpc) is 2.65. The zero-order valence-electron chi connectivity index (χ0n) is 17.4. The van der Waals surface area contributed by atoms with E-state index in [0.717, 1.165) is 24.8 Å². The number of amides is 1. The Morgan fingerprint density at radius 1 is 1.07 bits per heavy atom. The van der Waals surface area contributed by atoms with E-state index < -0.39 is 15.6 Å². The lowest BCUT2D eigenvalue weighted by Crippen LogP contribution is -2.40. The lowest BCUT2D eigenvalue weighted by atomic mass is 9.87. The standard InChI is InChI=1S/C23H30N2O3S/c1-23(2,3)25-29(27,28)19-14-11-17(12-15-19)13-16-22(26)24-21-10-6-8-18-7-4-5-9-20(18)21/h4-5,7,9,11-12,14-15,21,25H,6,8,10,13,16H2,1-3H3,(H,24,26)/t21-/m1/s1. The molecule has 0 bridgehead atoms. The van der Waals surface area contributed by atoms with E-state index in [-0.39, 0.29) is 16.8 Å².